The van der Waals surface area contributed by atoms with Gasteiger partial charge in [0.1, 0.15) is 12.1 Å². The van der Waals surface area contributed by atoms with E-state index in [-0.39, 0.29) is 0 Å². The Morgan fingerprint density at radius 3 is 2.45 bits per heavy atom. The third kappa shape index (κ3) is 1.48. The summed E-state index contributed by atoms with van der Waals surface area (Å²) in [7, 11) is 1.28. The van der Waals surface area contributed by atoms with E-state index in [0.29, 0.717) is 6.42 Å². The fraction of sp³-hybridized carbons (Fsp3) is 0.667. The van der Waals surface area contributed by atoms with Crippen molar-refractivity contribution in [3.63, 3.8) is 0 Å². The molecule has 1 rings (SSSR count). The van der Waals surface area contributed by atoms with Gasteiger partial charge < -0.3 is 9.84 Å². The van der Waals surface area contributed by atoms with Crippen molar-refractivity contribution < 1.29 is 19.4 Å². The summed E-state index contributed by atoms with van der Waals surface area (Å²) < 4.78 is 4.39. The van der Waals surface area contributed by atoms with Gasteiger partial charge in [0, 0.05) is 0 Å². The van der Waals surface area contributed by atoms with Gasteiger partial charge in [-0.1, -0.05) is 0 Å². The third-order valence-corrected chi connectivity index (χ3v) is 1.66. The van der Waals surface area contributed by atoms with E-state index in [1.807, 2.05) is 0 Å². The molecule has 2 atom stereocenters. The SMILES string of the molecule is COC(=O)[C@H]1C[C@@H](C(=O)O)N1. The van der Waals surface area contributed by atoms with Gasteiger partial charge in [0.05, 0.1) is 7.11 Å². The highest BCUT2D eigenvalue weighted by molar-refractivity contribution is 5.83. The van der Waals surface area contributed by atoms with E-state index in [0.717, 1.165) is 0 Å². The number of ether oxygens (including phenoxy) is 1. The van der Waals surface area contributed by atoms with Crippen LogP contribution in [0.3, 0.4) is 0 Å². The molecule has 0 aromatic heterocycles. The van der Waals surface area contributed by atoms with E-state index in [4.69, 9.17) is 5.11 Å². The van der Waals surface area contributed by atoms with Crippen LogP contribution in [0.15, 0.2) is 0 Å². The van der Waals surface area contributed by atoms with Crippen LogP contribution < -0.4 is 5.32 Å². The summed E-state index contributed by atoms with van der Waals surface area (Å²) in [6, 6.07) is -1.01. The van der Waals surface area contributed by atoms with Crippen LogP contribution in [-0.2, 0) is 14.3 Å². The molecule has 0 radical (unpaired) electrons. The average Bonchev–Trinajstić information content (AvgIpc) is 1.83. The van der Waals surface area contributed by atoms with Crippen LogP contribution in [0.1, 0.15) is 6.42 Å². The van der Waals surface area contributed by atoms with Crippen molar-refractivity contribution in [3.8, 4) is 0 Å². The Balaban J connectivity index is 2.29. The van der Waals surface area contributed by atoms with Gasteiger partial charge in [-0.05, 0) is 6.42 Å². The lowest BCUT2D eigenvalue weighted by atomic mass is 9.97. The van der Waals surface area contributed by atoms with Gasteiger partial charge in [0.25, 0.3) is 0 Å². The number of carbonyl (C=O) groups excluding carboxylic acids is 1. The van der Waals surface area contributed by atoms with Crippen molar-refractivity contribution in [2.24, 2.45) is 0 Å². The standard InChI is InChI=1S/C6H9NO4/c1-11-6(10)4-2-3(7-4)5(8)9/h3-4,7H,2H2,1H3,(H,8,9)/t3-,4+/m0/s1. The molecule has 11 heavy (non-hydrogen) atoms. The van der Waals surface area contributed by atoms with Crippen molar-refractivity contribution in [3.05, 3.63) is 0 Å². The largest absolute Gasteiger partial charge is 0.480 e. The number of rotatable bonds is 2. The van der Waals surface area contributed by atoms with Gasteiger partial charge >= 0.3 is 11.9 Å². The van der Waals surface area contributed by atoms with Gasteiger partial charge in [-0.3, -0.25) is 14.9 Å². The number of nitrogens with one attached hydrogen (secondary N) is 1. The quantitative estimate of drug-likeness (QED) is 0.504. The molecular formula is C6H9NO4. The first-order chi connectivity index (χ1) is 5.15. The predicted molar refractivity (Wildman–Crippen MR) is 35.0 cm³/mol. The Morgan fingerprint density at radius 1 is 1.55 bits per heavy atom. The minimum absolute atomic E-state index is 0.321. The van der Waals surface area contributed by atoms with Crippen molar-refractivity contribution in [2.45, 2.75) is 18.5 Å². The van der Waals surface area contributed by atoms with Crippen LogP contribution in [0.2, 0.25) is 0 Å². The summed E-state index contributed by atoms with van der Waals surface area (Å²) in [6.07, 6.45) is 0.321. The molecule has 1 aliphatic heterocycles. The van der Waals surface area contributed by atoms with Gasteiger partial charge in [-0.15, -0.1) is 0 Å². The number of carboxylic acids is 1. The maximum Gasteiger partial charge on any atom is 0.322 e. The number of carboxylic acid groups (broad SMARTS) is 1. The Morgan fingerprint density at radius 2 is 2.09 bits per heavy atom. The zero-order valence-corrected chi connectivity index (χ0v) is 6.03. The molecule has 0 saturated carbocycles. The minimum atomic E-state index is -0.926. The molecule has 2 N–H and O–H groups in total. The van der Waals surface area contributed by atoms with E-state index in [1.165, 1.54) is 7.11 Å². The van der Waals surface area contributed by atoms with Gasteiger partial charge in [-0.2, -0.15) is 0 Å². The molecule has 5 heteroatoms. The zero-order valence-electron chi connectivity index (χ0n) is 6.03. The number of hydrogen-bond donors (Lipinski definition) is 2. The number of carbonyl (C=O) groups is 2. The zero-order chi connectivity index (χ0) is 8.43. The van der Waals surface area contributed by atoms with Crippen molar-refractivity contribution in [1.82, 2.24) is 5.32 Å². The Labute approximate surface area is 63.3 Å². The van der Waals surface area contributed by atoms with Crippen LogP contribution >= 0.6 is 0 Å². The van der Waals surface area contributed by atoms with Gasteiger partial charge in [0.2, 0.25) is 0 Å². The van der Waals surface area contributed by atoms with E-state index < -0.39 is 24.0 Å². The average molecular weight is 159 g/mol. The molecule has 1 saturated heterocycles. The number of aliphatic carboxylic acids is 1. The van der Waals surface area contributed by atoms with Crippen molar-refractivity contribution in [2.75, 3.05) is 7.11 Å². The Bertz CT molecular complexity index is 185. The van der Waals surface area contributed by atoms with Crippen molar-refractivity contribution in [1.29, 1.82) is 0 Å². The molecule has 0 spiro atoms. The highest BCUT2D eigenvalue weighted by Crippen LogP contribution is 2.12. The summed E-state index contributed by atoms with van der Waals surface area (Å²) in [5.41, 5.74) is 0. The van der Waals surface area contributed by atoms with E-state index >= 15 is 0 Å². The first-order valence-electron chi connectivity index (χ1n) is 3.22. The van der Waals surface area contributed by atoms with Crippen LogP contribution in [0.5, 0.6) is 0 Å². The second-order valence-electron chi connectivity index (χ2n) is 2.37. The number of methoxy groups -OCH3 is 1. The lowest BCUT2D eigenvalue weighted by Crippen LogP contribution is -2.60. The van der Waals surface area contributed by atoms with Gasteiger partial charge in [-0.25, -0.2) is 0 Å². The minimum Gasteiger partial charge on any atom is -0.480 e. The fourth-order valence-electron chi connectivity index (χ4n) is 0.933. The monoisotopic (exact) mass is 159 g/mol. The fourth-order valence-corrected chi connectivity index (χ4v) is 0.933. The second-order valence-corrected chi connectivity index (χ2v) is 2.37. The van der Waals surface area contributed by atoms with Gasteiger partial charge in [0.15, 0.2) is 0 Å². The Kier molecular flexibility index (Phi) is 2.09. The van der Waals surface area contributed by atoms with Crippen LogP contribution in [0.4, 0.5) is 0 Å². The highest BCUT2D eigenvalue weighted by Gasteiger charge is 2.38. The summed E-state index contributed by atoms with van der Waals surface area (Å²) in [6.45, 7) is 0. The molecule has 1 fully saturated rings. The van der Waals surface area contributed by atoms with E-state index in [2.05, 4.69) is 10.1 Å². The summed E-state index contributed by atoms with van der Waals surface area (Å²) in [5, 5.41) is 10.9. The van der Waals surface area contributed by atoms with Crippen molar-refractivity contribution >= 4 is 11.9 Å². The molecule has 0 unspecified atom stereocenters. The molecule has 62 valence electrons. The predicted octanol–water partition coefficient (Wildman–Crippen LogP) is -1.03. The summed E-state index contributed by atoms with van der Waals surface area (Å²) in [4.78, 5) is 20.9. The molecule has 0 aromatic rings. The highest BCUT2D eigenvalue weighted by atomic mass is 16.5. The van der Waals surface area contributed by atoms with Crippen LogP contribution in [0.25, 0.3) is 0 Å². The lowest BCUT2D eigenvalue weighted by molar-refractivity contribution is -0.150. The maximum atomic E-state index is 10.7. The first-order valence-corrected chi connectivity index (χ1v) is 3.22. The summed E-state index contributed by atoms with van der Waals surface area (Å²) in [5.74, 6) is -1.33. The molecule has 0 aliphatic carbocycles. The third-order valence-electron chi connectivity index (χ3n) is 1.66. The first kappa shape index (κ1) is 8.00. The molecule has 1 heterocycles. The topological polar surface area (TPSA) is 75.6 Å². The molecule has 0 aromatic carbocycles. The summed E-state index contributed by atoms with van der Waals surface area (Å²) >= 11 is 0. The van der Waals surface area contributed by atoms with E-state index in [1.54, 1.807) is 0 Å². The number of esters is 1. The lowest BCUT2D eigenvalue weighted by Gasteiger charge is -2.31. The normalized spacial score (nSPS) is 28.8. The number of hydrogen-bond acceptors (Lipinski definition) is 4. The Hall–Kier alpha value is -1.10. The molecule has 0 bridgehead atoms. The maximum absolute atomic E-state index is 10.7. The molecular weight excluding hydrogens is 150 g/mol. The van der Waals surface area contributed by atoms with Crippen LogP contribution in [-0.4, -0.2) is 36.2 Å². The molecule has 1 aliphatic rings. The molecule has 0 amide bonds. The second kappa shape index (κ2) is 2.87. The smallest absolute Gasteiger partial charge is 0.322 e. The van der Waals surface area contributed by atoms with Crippen LogP contribution in [0, 0.1) is 0 Å². The molecule has 5 nitrogen and oxygen atoms in total. The van der Waals surface area contributed by atoms with E-state index in [9.17, 15) is 9.59 Å².